The third-order valence-electron chi connectivity index (χ3n) is 2.02. The van der Waals surface area contributed by atoms with E-state index in [4.69, 9.17) is 4.42 Å². The van der Waals surface area contributed by atoms with Crippen molar-refractivity contribution in [3.8, 4) is 0 Å². The van der Waals surface area contributed by atoms with Crippen LogP contribution in [0.2, 0.25) is 0 Å². The molecular formula is C10H11IN4O. The highest BCUT2D eigenvalue weighted by molar-refractivity contribution is 14.1. The second-order valence-corrected chi connectivity index (χ2v) is 4.31. The summed E-state index contributed by atoms with van der Waals surface area (Å²) in [6, 6.07) is 0. The normalized spacial score (nSPS) is 10.4. The lowest BCUT2D eigenvalue weighted by Crippen LogP contribution is -2.03. The summed E-state index contributed by atoms with van der Waals surface area (Å²) in [6.07, 6.45) is 5.88. The molecule has 0 amide bonds. The Kier molecular flexibility index (Phi) is 3.70. The van der Waals surface area contributed by atoms with Gasteiger partial charge in [-0.1, -0.05) is 6.92 Å². The molecule has 0 radical (unpaired) electrons. The van der Waals surface area contributed by atoms with Crippen LogP contribution in [0.15, 0.2) is 23.1 Å². The van der Waals surface area contributed by atoms with Gasteiger partial charge in [0.15, 0.2) is 0 Å². The van der Waals surface area contributed by atoms with E-state index in [1.54, 1.807) is 12.4 Å². The van der Waals surface area contributed by atoms with Gasteiger partial charge < -0.3 is 9.73 Å². The molecule has 6 heteroatoms. The molecule has 16 heavy (non-hydrogen) atoms. The van der Waals surface area contributed by atoms with Crippen LogP contribution in [0.1, 0.15) is 18.6 Å². The third-order valence-corrected chi connectivity index (χ3v) is 2.81. The van der Waals surface area contributed by atoms with E-state index in [1.807, 2.05) is 6.92 Å². The summed E-state index contributed by atoms with van der Waals surface area (Å²) in [7, 11) is 0. The molecule has 2 heterocycles. The topological polar surface area (TPSA) is 63.8 Å². The molecule has 5 nitrogen and oxygen atoms in total. The number of oxazole rings is 1. The van der Waals surface area contributed by atoms with Crippen LogP contribution < -0.4 is 5.32 Å². The zero-order valence-corrected chi connectivity index (χ0v) is 10.9. The van der Waals surface area contributed by atoms with Crippen LogP contribution in [0.3, 0.4) is 0 Å². The van der Waals surface area contributed by atoms with Crippen molar-refractivity contribution in [2.24, 2.45) is 0 Å². The summed E-state index contributed by atoms with van der Waals surface area (Å²) >= 11 is 2.18. The fourth-order valence-electron chi connectivity index (χ4n) is 1.20. The van der Waals surface area contributed by atoms with Crippen molar-refractivity contribution in [3.05, 3.63) is 33.9 Å². The first-order valence-corrected chi connectivity index (χ1v) is 6.00. The molecule has 0 atom stereocenters. The van der Waals surface area contributed by atoms with E-state index >= 15 is 0 Å². The molecular weight excluding hydrogens is 319 g/mol. The number of hydrogen-bond acceptors (Lipinski definition) is 5. The number of anilines is 1. The van der Waals surface area contributed by atoms with E-state index in [9.17, 15) is 0 Å². The van der Waals surface area contributed by atoms with E-state index in [2.05, 4.69) is 42.9 Å². The van der Waals surface area contributed by atoms with Crippen LogP contribution in [0, 0.1) is 3.57 Å². The molecule has 0 spiro atoms. The maximum absolute atomic E-state index is 5.47. The van der Waals surface area contributed by atoms with Gasteiger partial charge in [0.05, 0.1) is 16.3 Å². The lowest BCUT2D eigenvalue weighted by Gasteiger charge is -2.03. The lowest BCUT2D eigenvalue weighted by molar-refractivity contribution is 0.465. The Hall–Kier alpha value is -1.18. The fraction of sp³-hybridized carbons (Fsp3) is 0.300. The number of nitrogens with zero attached hydrogens (tertiary/aromatic N) is 3. The van der Waals surface area contributed by atoms with Crippen molar-refractivity contribution in [1.29, 1.82) is 0 Å². The molecule has 0 saturated carbocycles. The Balaban J connectivity index is 1.99. The number of aromatic nitrogens is 3. The quantitative estimate of drug-likeness (QED) is 0.871. The molecule has 0 fully saturated rings. The van der Waals surface area contributed by atoms with Crippen LogP contribution in [-0.4, -0.2) is 15.0 Å². The zero-order valence-electron chi connectivity index (χ0n) is 8.77. The Bertz CT molecular complexity index is 471. The molecule has 0 unspecified atom stereocenters. The first-order valence-electron chi connectivity index (χ1n) is 4.92. The number of halogens is 1. The van der Waals surface area contributed by atoms with Crippen LogP contribution in [0.5, 0.6) is 0 Å². The van der Waals surface area contributed by atoms with Gasteiger partial charge in [0.2, 0.25) is 5.89 Å². The Morgan fingerprint density at radius 1 is 1.38 bits per heavy atom. The molecule has 2 aromatic rings. The number of aryl methyl sites for hydroxylation is 1. The predicted octanol–water partition coefficient (Wildman–Crippen LogP) is 2.24. The van der Waals surface area contributed by atoms with Gasteiger partial charge in [-0.05, 0) is 22.6 Å². The summed E-state index contributed by atoms with van der Waals surface area (Å²) in [5.41, 5.74) is 0. The van der Waals surface area contributed by atoms with Crippen molar-refractivity contribution in [3.63, 3.8) is 0 Å². The second kappa shape index (κ2) is 5.24. The van der Waals surface area contributed by atoms with Gasteiger partial charge in [-0.2, -0.15) is 0 Å². The smallest absolute Gasteiger partial charge is 0.213 e. The average molecular weight is 330 g/mol. The van der Waals surface area contributed by atoms with E-state index in [0.29, 0.717) is 12.4 Å². The molecule has 0 aliphatic rings. The van der Waals surface area contributed by atoms with Gasteiger partial charge in [-0.15, -0.1) is 0 Å². The SMILES string of the molecule is CCc1cnc(CNc2ncncc2I)o1. The van der Waals surface area contributed by atoms with Gasteiger partial charge in [0.25, 0.3) is 0 Å². The Morgan fingerprint density at radius 3 is 2.94 bits per heavy atom. The predicted molar refractivity (Wildman–Crippen MR) is 68.0 cm³/mol. The van der Waals surface area contributed by atoms with Crippen molar-refractivity contribution in [1.82, 2.24) is 15.0 Å². The van der Waals surface area contributed by atoms with Crippen LogP contribution >= 0.6 is 22.6 Å². The largest absolute Gasteiger partial charge is 0.444 e. The molecule has 0 aliphatic heterocycles. The first-order chi connectivity index (χ1) is 7.79. The van der Waals surface area contributed by atoms with E-state index < -0.39 is 0 Å². The van der Waals surface area contributed by atoms with Crippen molar-refractivity contribution in [2.75, 3.05) is 5.32 Å². The minimum Gasteiger partial charge on any atom is -0.444 e. The average Bonchev–Trinajstić information content (AvgIpc) is 2.76. The van der Waals surface area contributed by atoms with Crippen molar-refractivity contribution < 1.29 is 4.42 Å². The van der Waals surface area contributed by atoms with Gasteiger partial charge in [0, 0.05) is 12.6 Å². The molecule has 0 aromatic carbocycles. The number of nitrogens with one attached hydrogen (secondary N) is 1. The summed E-state index contributed by atoms with van der Waals surface area (Å²) in [4.78, 5) is 12.2. The van der Waals surface area contributed by atoms with Crippen molar-refractivity contribution in [2.45, 2.75) is 19.9 Å². The Morgan fingerprint density at radius 2 is 2.25 bits per heavy atom. The van der Waals surface area contributed by atoms with E-state index in [-0.39, 0.29) is 0 Å². The maximum Gasteiger partial charge on any atom is 0.213 e. The monoisotopic (exact) mass is 330 g/mol. The molecule has 2 aromatic heterocycles. The lowest BCUT2D eigenvalue weighted by atomic mass is 10.4. The summed E-state index contributed by atoms with van der Waals surface area (Å²) in [5, 5.41) is 3.15. The molecule has 84 valence electrons. The van der Waals surface area contributed by atoms with Crippen LogP contribution in [-0.2, 0) is 13.0 Å². The molecule has 1 N–H and O–H groups in total. The van der Waals surface area contributed by atoms with Gasteiger partial charge in [0.1, 0.15) is 17.9 Å². The third kappa shape index (κ3) is 2.69. The molecule has 0 aliphatic carbocycles. The molecule has 0 saturated heterocycles. The maximum atomic E-state index is 5.47. The summed E-state index contributed by atoms with van der Waals surface area (Å²) < 4.78 is 6.45. The van der Waals surface area contributed by atoms with Gasteiger partial charge >= 0.3 is 0 Å². The zero-order chi connectivity index (χ0) is 11.4. The van der Waals surface area contributed by atoms with Crippen LogP contribution in [0.25, 0.3) is 0 Å². The highest BCUT2D eigenvalue weighted by Crippen LogP contribution is 2.13. The van der Waals surface area contributed by atoms with Crippen LogP contribution in [0.4, 0.5) is 5.82 Å². The van der Waals surface area contributed by atoms with Crippen molar-refractivity contribution >= 4 is 28.4 Å². The Labute approximate surface area is 107 Å². The van der Waals surface area contributed by atoms with Gasteiger partial charge in [-0.3, -0.25) is 0 Å². The minimum absolute atomic E-state index is 0.535. The van der Waals surface area contributed by atoms with Gasteiger partial charge in [-0.25, -0.2) is 15.0 Å². The number of hydrogen-bond donors (Lipinski definition) is 1. The molecule has 0 bridgehead atoms. The fourth-order valence-corrected chi connectivity index (χ4v) is 1.69. The highest BCUT2D eigenvalue weighted by Gasteiger charge is 2.04. The minimum atomic E-state index is 0.535. The summed E-state index contributed by atoms with van der Waals surface area (Å²) in [6.45, 7) is 2.57. The second-order valence-electron chi connectivity index (χ2n) is 3.15. The standard InChI is InChI=1S/C10H11IN4O/c1-2-7-3-13-9(16-7)5-14-10-8(11)4-12-6-15-10/h3-4,6H,2,5H2,1H3,(H,12,14,15). The summed E-state index contributed by atoms with van der Waals surface area (Å²) in [5.74, 6) is 2.37. The van der Waals surface area contributed by atoms with E-state index in [1.165, 1.54) is 6.33 Å². The highest BCUT2D eigenvalue weighted by atomic mass is 127. The van der Waals surface area contributed by atoms with E-state index in [0.717, 1.165) is 21.6 Å². The first kappa shape index (κ1) is 11.3. The molecule has 2 rings (SSSR count). The number of rotatable bonds is 4.